The Morgan fingerprint density at radius 2 is 2.22 bits per heavy atom. The molecule has 18 heavy (non-hydrogen) atoms. The van der Waals surface area contributed by atoms with Crippen LogP contribution in [0.15, 0.2) is 18.3 Å². The first-order valence-corrected chi connectivity index (χ1v) is 6.67. The minimum atomic E-state index is 0.538. The van der Waals surface area contributed by atoms with Gasteiger partial charge in [0, 0.05) is 19.2 Å². The molecule has 4 heteroatoms. The van der Waals surface area contributed by atoms with Crippen LogP contribution in [0.1, 0.15) is 26.2 Å². The quantitative estimate of drug-likeness (QED) is 0.720. The normalized spacial score (nSPS) is 16.3. The van der Waals surface area contributed by atoms with Crippen LogP contribution in [-0.2, 0) is 4.74 Å². The van der Waals surface area contributed by atoms with E-state index in [1.807, 2.05) is 18.3 Å². The number of anilines is 1. The largest absolute Gasteiger partial charge is 0.475 e. The molecule has 0 amide bonds. The van der Waals surface area contributed by atoms with Crippen LogP contribution >= 0.6 is 0 Å². The highest BCUT2D eigenvalue weighted by Gasteiger charge is 2.29. The van der Waals surface area contributed by atoms with Gasteiger partial charge in [-0.25, -0.2) is 4.98 Å². The molecule has 1 aromatic heterocycles. The Balaban J connectivity index is 1.82. The topological polar surface area (TPSA) is 43.4 Å². The van der Waals surface area contributed by atoms with E-state index < -0.39 is 0 Å². The molecule has 1 fully saturated rings. The van der Waals surface area contributed by atoms with Crippen LogP contribution in [0.2, 0.25) is 0 Å². The molecule has 1 aliphatic carbocycles. The Labute approximate surface area is 109 Å². The zero-order chi connectivity index (χ0) is 12.8. The highest BCUT2D eigenvalue weighted by Crippen LogP contribution is 2.35. The van der Waals surface area contributed by atoms with Gasteiger partial charge in [0.15, 0.2) is 0 Å². The first-order chi connectivity index (χ1) is 8.83. The molecule has 0 aliphatic heterocycles. The molecule has 0 spiro atoms. The molecule has 1 unspecified atom stereocenters. The summed E-state index contributed by atoms with van der Waals surface area (Å²) < 4.78 is 10.4. The van der Waals surface area contributed by atoms with Crippen LogP contribution in [0.25, 0.3) is 0 Å². The molecule has 2 rings (SSSR count). The Morgan fingerprint density at radius 1 is 1.39 bits per heavy atom. The molecule has 1 aliphatic rings. The lowest BCUT2D eigenvalue weighted by Gasteiger charge is -2.17. The predicted octanol–water partition coefficient (Wildman–Crippen LogP) is 2.71. The molecule has 1 atom stereocenters. The summed E-state index contributed by atoms with van der Waals surface area (Å²) in [6.07, 6.45) is 5.72. The second-order valence-corrected chi connectivity index (χ2v) is 4.72. The highest BCUT2D eigenvalue weighted by atomic mass is 16.5. The first-order valence-electron chi connectivity index (χ1n) is 6.67. The van der Waals surface area contributed by atoms with Gasteiger partial charge in [0.1, 0.15) is 6.61 Å². The van der Waals surface area contributed by atoms with Crippen molar-refractivity contribution in [3.63, 3.8) is 0 Å². The van der Waals surface area contributed by atoms with Gasteiger partial charge in [-0.15, -0.1) is 0 Å². The van der Waals surface area contributed by atoms with Crippen LogP contribution < -0.4 is 10.1 Å². The average molecular weight is 250 g/mol. The Bertz CT molecular complexity index is 349. The summed E-state index contributed by atoms with van der Waals surface area (Å²) in [5.41, 5.74) is 1.08. The standard InChI is InChI=1S/C14H22N2O2/c1-3-13(11-4-5-11)16-12-6-7-14(15-10-12)18-9-8-17-2/h6-7,10-11,13,16H,3-5,8-9H2,1-2H3. The van der Waals surface area contributed by atoms with Gasteiger partial charge in [-0.3, -0.25) is 0 Å². The van der Waals surface area contributed by atoms with Gasteiger partial charge in [-0.2, -0.15) is 0 Å². The van der Waals surface area contributed by atoms with Crippen molar-refractivity contribution in [1.29, 1.82) is 0 Å². The Kier molecular flexibility index (Phi) is 4.81. The van der Waals surface area contributed by atoms with E-state index in [-0.39, 0.29) is 0 Å². The van der Waals surface area contributed by atoms with Gasteiger partial charge in [0.2, 0.25) is 5.88 Å². The molecule has 0 radical (unpaired) electrons. The van der Waals surface area contributed by atoms with E-state index in [9.17, 15) is 0 Å². The number of ether oxygens (including phenoxy) is 2. The number of pyridine rings is 1. The van der Waals surface area contributed by atoms with Gasteiger partial charge in [0.05, 0.1) is 18.5 Å². The summed E-state index contributed by atoms with van der Waals surface area (Å²) in [6, 6.07) is 4.52. The summed E-state index contributed by atoms with van der Waals surface area (Å²) in [7, 11) is 1.66. The lowest BCUT2D eigenvalue weighted by Crippen LogP contribution is -2.20. The highest BCUT2D eigenvalue weighted by molar-refractivity contribution is 5.43. The van der Waals surface area contributed by atoms with Crippen molar-refractivity contribution in [2.75, 3.05) is 25.6 Å². The average Bonchev–Trinajstić information content (AvgIpc) is 3.22. The zero-order valence-electron chi connectivity index (χ0n) is 11.2. The fourth-order valence-corrected chi connectivity index (χ4v) is 2.05. The van der Waals surface area contributed by atoms with E-state index in [0.29, 0.717) is 25.1 Å². The number of nitrogens with zero attached hydrogens (tertiary/aromatic N) is 1. The number of methoxy groups -OCH3 is 1. The molecular formula is C14H22N2O2. The molecule has 100 valence electrons. The van der Waals surface area contributed by atoms with Crippen molar-refractivity contribution in [2.45, 2.75) is 32.2 Å². The third kappa shape index (κ3) is 3.88. The van der Waals surface area contributed by atoms with Gasteiger partial charge < -0.3 is 14.8 Å². The lowest BCUT2D eigenvalue weighted by molar-refractivity contribution is 0.144. The third-order valence-corrected chi connectivity index (χ3v) is 3.26. The maximum atomic E-state index is 5.43. The first kappa shape index (κ1) is 13.1. The molecule has 1 N–H and O–H groups in total. The van der Waals surface area contributed by atoms with Crippen LogP contribution in [0.5, 0.6) is 5.88 Å². The number of rotatable bonds is 8. The monoisotopic (exact) mass is 250 g/mol. The second kappa shape index (κ2) is 6.59. The second-order valence-electron chi connectivity index (χ2n) is 4.72. The molecule has 1 saturated carbocycles. The minimum Gasteiger partial charge on any atom is -0.475 e. The number of aromatic nitrogens is 1. The smallest absolute Gasteiger partial charge is 0.213 e. The van der Waals surface area contributed by atoms with Crippen LogP contribution in [0.4, 0.5) is 5.69 Å². The molecule has 4 nitrogen and oxygen atoms in total. The number of nitrogens with one attached hydrogen (secondary N) is 1. The summed E-state index contributed by atoms with van der Waals surface area (Å²) in [6.45, 7) is 3.35. The number of hydrogen-bond donors (Lipinski definition) is 1. The summed E-state index contributed by atoms with van der Waals surface area (Å²) in [4.78, 5) is 4.28. The number of hydrogen-bond acceptors (Lipinski definition) is 4. The molecule has 0 aromatic carbocycles. The molecule has 1 aromatic rings. The Morgan fingerprint density at radius 3 is 2.78 bits per heavy atom. The fourth-order valence-electron chi connectivity index (χ4n) is 2.05. The van der Waals surface area contributed by atoms with E-state index in [0.717, 1.165) is 18.0 Å². The van der Waals surface area contributed by atoms with E-state index in [4.69, 9.17) is 9.47 Å². The van der Waals surface area contributed by atoms with E-state index in [1.165, 1.54) is 12.8 Å². The molecule has 0 saturated heterocycles. The van der Waals surface area contributed by atoms with Crippen LogP contribution in [-0.4, -0.2) is 31.3 Å². The van der Waals surface area contributed by atoms with Crippen molar-refractivity contribution in [2.24, 2.45) is 5.92 Å². The van der Waals surface area contributed by atoms with Gasteiger partial charge in [0.25, 0.3) is 0 Å². The summed E-state index contributed by atoms with van der Waals surface area (Å²) in [5, 5.41) is 3.54. The predicted molar refractivity (Wildman–Crippen MR) is 72.0 cm³/mol. The maximum Gasteiger partial charge on any atom is 0.213 e. The Hall–Kier alpha value is -1.29. The summed E-state index contributed by atoms with van der Waals surface area (Å²) >= 11 is 0. The fraction of sp³-hybridized carbons (Fsp3) is 0.643. The third-order valence-electron chi connectivity index (χ3n) is 3.26. The van der Waals surface area contributed by atoms with Crippen molar-refractivity contribution in [1.82, 2.24) is 4.98 Å². The van der Waals surface area contributed by atoms with Crippen molar-refractivity contribution in [3.8, 4) is 5.88 Å². The van der Waals surface area contributed by atoms with E-state index >= 15 is 0 Å². The van der Waals surface area contributed by atoms with Crippen LogP contribution in [0, 0.1) is 5.92 Å². The van der Waals surface area contributed by atoms with Crippen molar-refractivity contribution in [3.05, 3.63) is 18.3 Å². The molecule has 1 heterocycles. The van der Waals surface area contributed by atoms with E-state index in [2.05, 4.69) is 17.2 Å². The van der Waals surface area contributed by atoms with Gasteiger partial charge >= 0.3 is 0 Å². The van der Waals surface area contributed by atoms with Crippen molar-refractivity contribution >= 4 is 5.69 Å². The van der Waals surface area contributed by atoms with E-state index in [1.54, 1.807) is 7.11 Å². The van der Waals surface area contributed by atoms with Crippen LogP contribution in [0.3, 0.4) is 0 Å². The lowest BCUT2D eigenvalue weighted by atomic mass is 10.1. The van der Waals surface area contributed by atoms with Gasteiger partial charge in [-0.05, 0) is 31.2 Å². The van der Waals surface area contributed by atoms with Gasteiger partial charge in [-0.1, -0.05) is 6.92 Å². The SMILES string of the molecule is CCC(Nc1ccc(OCCOC)nc1)C1CC1. The zero-order valence-corrected chi connectivity index (χ0v) is 11.2. The summed E-state index contributed by atoms with van der Waals surface area (Å²) in [5.74, 6) is 1.50. The molecular weight excluding hydrogens is 228 g/mol. The molecule has 0 bridgehead atoms. The maximum absolute atomic E-state index is 5.43. The minimum absolute atomic E-state index is 0.538. The van der Waals surface area contributed by atoms with Crippen molar-refractivity contribution < 1.29 is 9.47 Å².